The van der Waals surface area contributed by atoms with Gasteiger partial charge < -0.3 is 4.57 Å². The molecule has 0 bridgehead atoms. The van der Waals surface area contributed by atoms with E-state index < -0.39 is 30.8 Å². The first-order valence-electron chi connectivity index (χ1n) is 5.28. The van der Waals surface area contributed by atoms with E-state index in [0.717, 1.165) is 10.6 Å². The molecule has 2 nitrogen and oxygen atoms in total. The number of hydrogen-bond acceptors (Lipinski definition) is 1. The Morgan fingerprint density at radius 2 is 1.89 bits per heavy atom. The summed E-state index contributed by atoms with van der Waals surface area (Å²) >= 11 is 5.56. The number of alkyl halides is 4. The van der Waals surface area contributed by atoms with Gasteiger partial charge in [0.2, 0.25) is 0 Å². The zero-order chi connectivity index (χ0) is 14.2. The quantitative estimate of drug-likeness (QED) is 0.618. The number of aryl methyl sites for hydroxylation is 1. The number of nitrogens with zero attached hydrogens (tertiary/aromatic N) is 2. The first-order chi connectivity index (χ1) is 8.81. The lowest BCUT2D eigenvalue weighted by molar-refractivity contribution is -0.136. The SMILES string of the molecule is Fc1cc(F)c2nc(CCl)n(CCC(F)(F)F)c2c1. The molecule has 0 N–H and O–H groups in total. The molecule has 0 aliphatic rings. The predicted octanol–water partition coefficient (Wildman–Crippen LogP) is 4.01. The topological polar surface area (TPSA) is 17.8 Å². The van der Waals surface area contributed by atoms with Gasteiger partial charge in [-0.25, -0.2) is 13.8 Å². The molecule has 8 heteroatoms. The van der Waals surface area contributed by atoms with Gasteiger partial charge in [-0.15, -0.1) is 11.6 Å². The van der Waals surface area contributed by atoms with Gasteiger partial charge in [-0.1, -0.05) is 0 Å². The normalized spacial score (nSPS) is 12.3. The van der Waals surface area contributed by atoms with E-state index in [0.29, 0.717) is 6.07 Å². The van der Waals surface area contributed by atoms with Gasteiger partial charge in [0.15, 0.2) is 5.82 Å². The first kappa shape index (κ1) is 14.0. The minimum absolute atomic E-state index is 0.0302. The van der Waals surface area contributed by atoms with Crippen molar-refractivity contribution in [2.45, 2.75) is 25.0 Å². The van der Waals surface area contributed by atoms with Crippen molar-refractivity contribution in [1.29, 1.82) is 0 Å². The van der Waals surface area contributed by atoms with Gasteiger partial charge in [0.05, 0.1) is 17.8 Å². The number of aromatic nitrogens is 2. The third kappa shape index (κ3) is 2.97. The largest absolute Gasteiger partial charge is 0.390 e. The number of imidazole rings is 1. The Hall–Kier alpha value is -1.37. The van der Waals surface area contributed by atoms with Crippen LogP contribution in [0.25, 0.3) is 11.0 Å². The summed E-state index contributed by atoms with van der Waals surface area (Å²) in [7, 11) is 0. The molecule has 1 aromatic carbocycles. The van der Waals surface area contributed by atoms with Crippen LogP contribution in [0.4, 0.5) is 22.0 Å². The molecular formula is C11H8ClF5N2. The van der Waals surface area contributed by atoms with Crippen molar-refractivity contribution in [2.24, 2.45) is 0 Å². The van der Waals surface area contributed by atoms with E-state index in [1.165, 1.54) is 0 Å². The van der Waals surface area contributed by atoms with Crippen molar-refractivity contribution < 1.29 is 22.0 Å². The lowest BCUT2D eigenvalue weighted by Crippen LogP contribution is -2.13. The third-order valence-corrected chi connectivity index (χ3v) is 2.83. The van der Waals surface area contributed by atoms with Crippen LogP contribution in [0.15, 0.2) is 12.1 Å². The molecule has 0 aliphatic carbocycles. The van der Waals surface area contributed by atoms with E-state index in [1.807, 2.05) is 0 Å². The summed E-state index contributed by atoms with van der Waals surface area (Å²) < 4.78 is 64.4. The first-order valence-corrected chi connectivity index (χ1v) is 5.82. The lowest BCUT2D eigenvalue weighted by Gasteiger charge is -2.10. The average Bonchev–Trinajstić information content (AvgIpc) is 2.63. The van der Waals surface area contributed by atoms with E-state index >= 15 is 0 Å². The summed E-state index contributed by atoms with van der Waals surface area (Å²) in [6, 6.07) is 1.57. The molecule has 2 rings (SSSR count). The molecule has 0 fully saturated rings. The molecule has 1 heterocycles. The molecule has 0 atom stereocenters. The molecule has 104 valence electrons. The second kappa shape index (κ2) is 4.96. The second-order valence-corrected chi connectivity index (χ2v) is 4.20. The monoisotopic (exact) mass is 298 g/mol. The highest BCUT2D eigenvalue weighted by atomic mass is 35.5. The molecule has 0 aliphatic heterocycles. The Kier molecular flexibility index (Phi) is 3.66. The van der Waals surface area contributed by atoms with E-state index in [1.54, 1.807) is 0 Å². The summed E-state index contributed by atoms with van der Waals surface area (Å²) in [6.07, 6.45) is -5.49. The maximum absolute atomic E-state index is 13.5. The predicted molar refractivity (Wildman–Crippen MR) is 59.9 cm³/mol. The van der Waals surface area contributed by atoms with Crippen LogP contribution >= 0.6 is 11.6 Å². The summed E-state index contributed by atoms with van der Waals surface area (Å²) in [5.74, 6) is -1.91. The molecule has 2 aromatic rings. The summed E-state index contributed by atoms with van der Waals surface area (Å²) in [4.78, 5) is 3.79. The van der Waals surface area contributed by atoms with Crippen molar-refractivity contribution >= 4 is 22.6 Å². The van der Waals surface area contributed by atoms with Crippen molar-refractivity contribution in [3.8, 4) is 0 Å². The van der Waals surface area contributed by atoms with Crippen molar-refractivity contribution in [3.63, 3.8) is 0 Å². The fourth-order valence-electron chi connectivity index (χ4n) is 1.79. The minimum atomic E-state index is -4.37. The van der Waals surface area contributed by atoms with Crippen molar-refractivity contribution in [1.82, 2.24) is 9.55 Å². The summed E-state index contributed by atoms with van der Waals surface area (Å²) in [6.45, 7) is -0.481. The molecule has 1 aromatic heterocycles. The van der Waals surface area contributed by atoms with E-state index in [2.05, 4.69) is 4.98 Å². The van der Waals surface area contributed by atoms with E-state index in [4.69, 9.17) is 11.6 Å². The number of rotatable bonds is 3. The van der Waals surface area contributed by atoms with Crippen LogP contribution in [0.1, 0.15) is 12.2 Å². The molecule has 19 heavy (non-hydrogen) atoms. The Labute approximate surface area is 109 Å². The summed E-state index contributed by atoms with van der Waals surface area (Å²) in [5, 5.41) is 0. The molecule has 0 amide bonds. The van der Waals surface area contributed by atoms with Gasteiger partial charge in [-0.2, -0.15) is 13.2 Å². The molecule has 0 saturated carbocycles. The van der Waals surface area contributed by atoms with Gasteiger partial charge in [-0.05, 0) is 6.07 Å². The van der Waals surface area contributed by atoms with Crippen LogP contribution in [0.3, 0.4) is 0 Å². The molecule has 0 saturated heterocycles. The number of hydrogen-bond donors (Lipinski definition) is 0. The maximum Gasteiger partial charge on any atom is 0.390 e. The van der Waals surface area contributed by atoms with Crippen LogP contribution in [0.2, 0.25) is 0 Å². The van der Waals surface area contributed by atoms with Gasteiger partial charge in [0, 0.05) is 12.6 Å². The highest BCUT2D eigenvalue weighted by Gasteiger charge is 2.28. The fraction of sp³-hybridized carbons (Fsp3) is 0.364. The van der Waals surface area contributed by atoms with Crippen molar-refractivity contribution in [3.05, 3.63) is 29.6 Å². The number of benzene rings is 1. The van der Waals surface area contributed by atoms with Gasteiger partial charge >= 0.3 is 6.18 Å². The van der Waals surface area contributed by atoms with Gasteiger partial charge in [-0.3, -0.25) is 0 Å². The zero-order valence-corrected chi connectivity index (χ0v) is 10.2. The molecule has 0 spiro atoms. The van der Waals surface area contributed by atoms with Crippen LogP contribution in [0, 0.1) is 11.6 Å². The molecular weight excluding hydrogens is 291 g/mol. The van der Waals surface area contributed by atoms with Crippen LogP contribution in [0.5, 0.6) is 0 Å². The maximum atomic E-state index is 13.5. The smallest absolute Gasteiger partial charge is 0.326 e. The third-order valence-electron chi connectivity index (χ3n) is 2.59. The van der Waals surface area contributed by atoms with E-state index in [9.17, 15) is 22.0 Å². The second-order valence-electron chi connectivity index (χ2n) is 3.93. The number of halogens is 6. The minimum Gasteiger partial charge on any atom is -0.326 e. The highest BCUT2D eigenvalue weighted by molar-refractivity contribution is 6.16. The van der Waals surface area contributed by atoms with Gasteiger partial charge in [0.1, 0.15) is 17.2 Å². The van der Waals surface area contributed by atoms with Crippen LogP contribution < -0.4 is 0 Å². The summed E-state index contributed by atoms with van der Waals surface area (Å²) in [5.41, 5.74) is -0.211. The molecule has 0 unspecified atom stereocenters. The lowest BCUT2D eigenvalue weighted by atomic mass is 10.3. The van der Waals surface area contributed by atoms with Crippen LogP contribution in [-0.2, 0) is 12.4 Å². The van der Waals surface area contributed by atoms with E-state index in [-0.39, 0.29) is 22.7 Å². The Bertz CT molecular complexity index is 605. The average molecular weight is 299 g/mol. The Morgan fingerprint density at radius 3 is 2.47 bits per heavy atom. The van der Waals surface area contributed by atoms with Gasteiger partial charge in [0.25, 0.3) is 0 Å². The Morgan fingerprint density at radius 1 is 1.21 bits per heavy atom. The van der Waals surface area contributed by atoms with Crippen molar-refractivity contribution in [2.75, 3.05) is 0 Å². The number of fused-ring (bicyclic) bond motifs is 1. The standard InChI is InChI=1S/C11H8ClF5N2/c12-5-9-18-10-7(14)3-6(13)4-8(10)19(9)2-1-11(15,16)17/h3-4H,1-2,5H2. The highest BCUT2D eigenvalue weighted by Crippen LogP contribution is 2.25. The fourth-order valence-corrected chi connectivity index (χ4v) is 1.99. The molecule has 0 radical (unpaired) electrons. The zero-order valence-electron chi connectivity index (χ0n) is 9.44. The van der Waals surface area contributed by atoms with Crippen LogP contribution in [-0.4, -0.2) is 15.7 Å². The Balaban J connectivity index is 2.51.